The molecule has 0 radical (unpaired) electrons. The molecule has 2 heteroatoms. The molecule has 2 nitrogen and oxygen atoms in total. The quantitative estimate of drug-likeness (QED) is 0.851. The second-order valence-electron chi connectivity index (χ2n) is 5.29. The number of hydrogen-bond donors (Lipinski definition) is 1. The molecule has 0 saturated heterocycles. The molecule has 1 aromatic heterocycles. The van der Waals surface area contributed by atoms with E-state index < -0.39 is 0 Å². The van der Waals surface area contributed by atoms with Crippen molar-refractivity contribution in [3.05, 3.63) is 36.0 Å². The lowest BCUT2D eigenvalue weighted by molar-refractivity contribution is 0.497. The largest absolute Gasteiger partial charge is 0.350 e. The van der Waals surface area contributed by atoms with Crippen LogP contribution < -0.4 is 5.32 Å². The number of hydrogen-bond acceptors (Lipinski definition) is 1. The minimum absolute atomic E-state index is 0.661. The normalized spacial score (nSPS) is 17.5. The van der Waals surface area contributed by atoms with Crippen molar-refractivity contribution in [3.63, 3.8) is 0 Å². The summed E-state index contributed by atoms with van der Waals surface area (Å²) in [7, 11) is 2.12. The third-order valence-corrected chi connectivity index (χ3v) is 3.92. The third-order valence-electron chi connectivity index (χ3n) is 3.92. The molecule has 1 aliphatic rings. The van der Waals surface area contributed by atoms with E-state index in [1.807, 2.05) is 0 Å². The number of aromatic nitrogens is 1. The summed E-state index contributed by atoms with van der Waals surface area (Å²) in [6, 6.07) is 9.29. The molecule has 1 unspecified atom stereocenters. The van der Waals surface area contributed by atoms with E-state index in [0.717, 1.165) is 12.5 Å². The molecule has 0 bridgehead atoms. The molecular weight excluding hydrogens is 208 g/mol. The fraction of sp³-hybridized carbons (Fsp3) is 0.467. The van der Waals surface area contributed by atoms with Crippen molar-refractivity contribution in [1.82, 2.24) is 9.88 Å². The Labute approximate surface area is 103 Å². The lowest BCUT2D eigenvalue weighted by Crippen LogP contribution is -2.27. The molecule has 1 fully saturated rings. The van der Waals surface area contributed by atoms with E-state index in [4.69, 9.17) is 0 Å². The van der Waals surface area contributed by atoms with Gasteiger partial charge in [0.15, 0.2) is 0 Å². The highest BCUT2D eigenvalue weighted by atomic mass is 14.9. The highest BCUT2D eigenvalue weighted by Gasteiger charge is 2.27. The molecule has 17 heavy (non-hydrogen) atoms. The van der Waals surface area contributed by atoms with E-state index >= 15 is 0 Å². The average Bonchev–Trinajstić information content (AvgIpc) is 3.14. The zero-order chi connectivity index (χ0) is 11.8. The minimum atomic E-state index is 0.661. The van der Waals surface area contributed by atoms with Gasteiger partial charge in [0.2, 0.25) is 0 Å². The molecule has 3 rings (SSSR count). The molecule has 1 atom stereocenters. The molecule has 0 amide bonds. The Morgan fingerprint density at radius 2 is 2.12 bits per heavy atom. The van der Waals surface area contributed by atoms with Crippen LogP contribution >= 0.6 is 0 Å². The van der Waals surface area contributed by atoms with Crippen LogP contribution in [0.25, 0.3) is 10.9 Å². The molecule has 1 aliphatic carbocycles. The first-order valence-electron chi connectivity index (χ1n) is 6.52. The molecule has 1 N–H and O–H groups in total. The van der Waals surface area contributed by atoms with Gasteiger partial charge in [-0.05, 0) is 37.3 Å². The molecular formula is C15H20N2. The first kappa shape index (κ1) is 10.8. The summed E-state index contributed by atoms with van der Waals surface area (Å²) in [6.07, 6.45) is 5.06. The smallest absolute Gasteiger partial charge is 0.0481 e. The summed E-state index contributed by atoms with van der Waals surface area (Å²) in [5.41, 5.74) is 2.74. The fourth-order valence-corrected chi connectivity index (χ4v) is 2.60. The number of benzene rings is 1. The van der Waals surface area contributed by atoms with Crippen molar-refractivity contribution in [2.75, 3.05) is 0 Å². The van der Waals surface area contributed by atoms with Crippen LogP contribution in [0.15, 0.2) is 30.5 Å². The van der Waals surface area contributed by atoms with Crippen molar-refractivity contribution in [1.29, 1.82) is 0 Å². The highest BCUT2D eigenvalue weighted by molar-refractivity contribution is 5.83. The van der Waals surface area contributed by atoms with Crippen LogP contribution in [0.1, 0.15) is 25.3 Å². The maximum atomic E-state index is 3.65. The monoisotopic (exact) mass is 228 g/mol. The van der Waals surface area contributed by atoms with Crippen LogP contribution in [0.5, 0.6) is 0 Å². The molecule has 90 valence electrons. The Balaban J connectivity index is 1.80. The second kappa shape index (κ2) is 4.19. The van der Waals surface area contributed by atoms with Crippen LogP contribution in [-0.4, -0.2) is 10.6 Å². The number of para-hydroxylation sites is 1. The Morgan fingerprint density at radius 3 is 2.88 bits per heavy atom. The lowest BCUT2D eigenvalue weighted by Gasteiger charge is -2.11. The van der Waals surface area contributed by atoms with Gasteiger partial charge in [-0.3, -0.25) is 0 Å². The van der Waals surface area contributed by atoms with E-state index in [1.165, 1.54) is 29.3 Å². The molecule has 0 aliphatic heterocycles. The standard InChI is InChI=1S/C15H20N2/c1-11(12-7-8-12)16-9-13-10-17(2)15-6-4-3-5-14(13)15/h3-6,10-12,16H,7-9H2,1-2H3. The molecule has 1 heterocycles. The number of fused-ring (bicyclic) bond motifs is 1. The number of aryl methyl sites for hydroxylation is 1. The van der Waals surface area contributed by atoms with Gasteiger partial charge >= 0.3 is 0 Å². The maximum absolute atomic E-state index is 3.65. The number of rotatable bonds is 4. The second-order valence-corrected chi connectivity index (χ2v) is 5.29. The van der Waals surface area contributed by atoms with Gasteiger partial charge in [0, 0.05) is 36.7 Å². The average molecular weight is 228 g/mol. The number of nitrogens with zero attached hydrogens (tertiary/aromatic N) is 1. The van der Waals surface area contributed by atoms with Gasteiger partial charge in [-0.1, -0.05) is 18.2 Å². The van der Waals surface area contributed by atoms with Gasteiger partial charge in [-0.2, -0.15) is 0 Å². The van der Waals surface area contributed by atoms with E-state index in [-0.39, 0.29) is 0 Å². The van der Waals surface area contributed by atoms with Gasteiger partial charge in [0.1, 0.15) is 0 Å². The van der Waals surface area contributed by atoms with Crippen molar-refractivity contribution < 1.29 is 0 Å². The Morgan fingerprint density at radius 1 is 1.35 bits per heavy atom. The summed E-state index contributed by atoms with van der Waals surface area (Å²) < 4.78 is 2.22. The van der Waals surface area contributed by atoms with Gasteiger partial charge < -0.3 is 9.88 Å². The summed E-state index contributed by atoms with van der Waals surface area (Å²) in [6.45, 7) is 3.29. The summed E-state index contributed by atoms with van der Waals surface area (Å²) >= 11 is 0. The Kier molecular flexibility index (Phi) is 2.67. The van der Waals surface area contributed by atoms with Crippen LogP contribution in [0.2, 0.25) is 0 Å². The molecule has 1 saturated carbocycles. The van der Waals surface area contributed by atoms with Crippen LogP contribution in [-0.2, 0) is 13.6 Å². The van der Waals surface area contributed by atoms with Crippen molar-refractivity contribution in [2.45, 2.75) is 32.4 Å². The van der Waals surface area contributed by atoms with Crippen molar-refractivity contribution in [2.24, 2.45) is 13.0 Å². The van der Waals surface area contributed by atoms with Crippen LogP contribution in [0.4, 0.5) is 0 Å². The predicted octanol–water partition coefficient (Wildman–Crippen LogP) is 3.07. The van der Waals surface area contributed by atoms with Crippen molar-refractivity contribution >= 4 is 10.9 Å². The van der Waals surface area contributed by atoms with Crippen LogP contribution in [0, 0.1) is 5.92 Å². The summed E-state index contributed by atoms with van der Waals surface area (Å²) in [5, 5.41) is 5.03. The van der Waals surface area contributed by atoms with Gasteiger partial charge in [-0.15, -0.1) is 0 Å². The van der Waals surface area contributed by atoms with Crippen LogP contribution in [0.3, 0.4) is 0 Å². The van der Waals surface area contributed by atoms with E-state index in [1.54, 1.807) is 0 Å². The van der Waals surface area contributed by atoms with Gasteiger partial charge in [0.25, 0.3) is 0 Å². The highest BCUT2D eigenvalue weighted by Crippen LogP contribution is 2.32. The predicted molar refractivity (Wildman–Crippen MR) is 71.9 cm³/mol. The Bertz CT molecular complexity index is 523. The van der Waals surface area contributed by atoms with Crippen molar-refractivity contribution in [3.8, 4) is 0 Å². The van der Waals surface area contributed by atoms with Gasteiger partial charge in [0.05, 0.1) is 0 Å². The van der Waals surface area contributed by atoms with E-state index in [2.05, 4.69) is 54.3 Å². The molecule has 0 spiro atoms. The number of nitrogens with one attached hydrogen (secondary N) is 1. The first-order chi connectivity index (χ1) is 8.25. The third kappa shape index (κ3) is 2.09. The first-order valence-corrected chi connectivity index (χ1v) is 6.52. The summed E-state index contributed by atoms with van der Waals surface area (Å²) in [4.78, 5) is 0. The summed E-state index contributed by atoms with van der Waals surface area (Å²) in [5.74, 6) is 0.921. The van der Waals surface area contributed by atoms with Gasteiger partial charge in [-0.25, -0.2) is 0 Å². The Hall–Kier alpha value is -1.28. The maximum Gasteiger partial charge on any atom is 0.0481 e. The minimum Gasteiger partial charge on any atom is -0.350 e. The molecule has 1 aromatic carbocycles. The lowest BCUT2D eigenvalue weighted by atomic mass is 10.1. The zero-order valence-electron chi connectivity index (χ0n) is 10.6. The SMILES string of the molecule is CC(NCc1cn(C)c2ccccc12)C1CC1. The van der Waals surface area contributed by atoms with E-state index in [0.29, 0.717) is 6.04 Å². The fourth-order valence-electron chi connectivity index (χ4n) is 2.60. The zero-order valence-corrected chi connectivity index (χ0v) is 10.6. The van der Waals surface area contributed by atoms with E-state index in [9.17, 15) is 0 Å². The molecule has 2 aromatic rings. The topological polar surface area (TPSA) is 17.0 Å².